The molecular weight excluding hydrogens is 240 g/mol. The van der Waals surface area contributed by atoms with E-state index in [0.29, 0.717) is 5.56 Å². The van der Waals surface area contributed by atoms with Gasteiger partial charge in [0.2, 0.25) is 0 Å². The van der Waals surface area contributed by atoms with Crippen molar-refractivity contribution in [2.45, 2.75) is 4.90 Å². The van der Waals surface area contributed by atoms with Crippen LogP contribution < -0.4 is 0 Å². The second-order valence-corrected chi connectivity index (χ2v) is 4.86. The van der Waals surface area contributed by atoms with Crippen LogP contribution in [0.2, 0.25) is 0 Å². The number of carboxylic acids is 1. The van der Waals surface area contributed by atoms with Crippen molar-refractivity contribution in [2.75, 3.05) is 6.26 Å². The molecule has 82 valence electrons. The summed E-state index contributed by atoms with van der Waals surface area (Å²) in [4.78, 5) is 12.2. The fourth-order valence-electron chi connectivity index (χ4n) is 1.46. The molecule has 1 N–H and O–H groups in total. The summed E-state index contributed by atoms with van der Waals surface area (Å²) in [5.41, 5.74) is 2.13. The Hall–Kier alpha value is -1.26. The number of carbonyl (C=O) groups is 1. The minimum atomic E-state index is -0.870. The molecule has 0 fully saturated rings. The number of thioether (sulfide) groups is 1. The number of thiophene rings is 1. The summed E-state index contributed by atoms with van der Waals surface area (Å²) in [5, 5.41) is 12.6. The van der Waals surface area contributed by atoms with Gasteiger partial charge in [-0.2, -0.15) is 11.3 Å². The molecule has 4 heteroatoms. The largest absolute Gasteiger partial charge is 0.478 e. The van der Waals surface area contributed by atoms with E-state index in [1.54, 1.807) is 17.1 Å². The summed E-state index contributed by atoms with van der Waals surface area (Å²) in [6, 6.07) is 7.92. The SMILES string of the molecule is CSc1ccc(-c2cscc2C(=O)O)cc1. The number of benzene rings is 1. The lowest BCUT2D eigenvalue weighted by Gasteiger charge is -2.02. The summed E-state index contributed by atoms with van der Waals surface area (Å²) < 4.78 is 0. The zero-order valence-corrected chi connectivity index (χ0v) is 10.3. The van der Waals surface area contributed by atoms with Gasteiger partial charge < -0.3 is 5.11 Å². The van der Waals surface area contributed by atoms with Gasteiger partial charge in [0, 0.05) is 15.8 Å². The Bertz CT molecular complexity index is 500. The first-order valence-corrected chi connectivity index (χ1v) is 6.83. The molecule has 1 aromatic carbocycles. The molecule has 0 bridgehead atoms. The maximum absolute atomic E-state index is 11.0. The average Bonchev–Trinajstić information content (AvgIpc) is 2.78. The fourth-order valence-corrected chi connectivity index (χ4v) is 2.70. The Kier molecular flexibility index (Phi) is 3.31. The van der Waals surface area contributed by atoms with Crippen molar-refractivity contribution >= 4 is 29.1 Å². The van der Waals surface area contributed by atoms with Crippen molar-refractivity contribution in [1.82, 2.24) is 0 Å². The Balaban J connectivity index is 2.42. The minimum absolute atomic E-state index is 0.377. The van der Waals surface area contributed by atoms with Crippen LogP contribution in [0, 0.1) is 0 Å². The molecule has 2 nitrogen and oxygen atoms in total. The van der Waals surface area contributed by atoms with Gasteiger partial charge in [-0.15, -0.1) is 11.8 Å². The predicted molar refractivity (Wildman–Crippen MR) is 68.5 cm³/mol. The van der Waals surface area contributed by atoms with Gasteiger partial charge in [-0.05, 0) is 29.3 Å². The van der Waals surface area contributed by atoms with Crippen LogP contribution >= 0.6 is 23.1 Å². The maximum Gasteiger partial charge on any atom is 0.337 e. The van der Waals surface area contributed by atoms with Crippen LogP contribution in [0.1, 0.15) is 10.4 Å². The summed E-state index contributed by atoms with van der Waals surface area (Å²) in [7, 11) is 0. The molecule has 0 aliphatic heterocycles. The molecule has 1 aromatic heterocycles. The van der Waals surface area contributed by atoms with Crippen molar-refractivity contribution in [3.8, 4) is 11.1 Å². The summed E-state index contributed by atoms with van der Waals surface area (Å²) in [6.45, 7) is 0. The average molecular weight is 250 g/mol. The van der Waals surface area contributed by atoms with E-state index >= 15 is 0 Å². The highest BCUT2D eigenvalue weighted by Crippen LogP contribution is 2.28. The quantitative estimate of drug-likeness (QED) is 0.841. The third-order valence-electron chi connectivity index (χ3n) is 2.29. The molecule has 16 heavy (non-hydrogen) atoms. The standard InChI is InChI=1S/C12H10O2S2/c1-15-9-4-2-8(3-5-9)10-6-16-7-11(10)12(13)14/h2-7H,1H3,(H,13,14). The topological polar surface area (TPSA) is 37.3 Å². The number of carboxylic acid groups (broad SMARTS) is 1. The molecule has 0 atom stereocenters. The highest BCUT2D eigenvalue weighted by molar-refractivity contribution is 7.98. The summed E-state index contributed by atoms with van der Waals surface area (Å²) >= 11 is 3.08. The molecule has 0 unspecified atom stereocenters. The number of rotatable bonds is 3. The van der Waals surface area contributed by atoms with Crippen LogP contribution in [0.15, 0.2) is 39.9 Å². The van der Waals surface area contributed by atoms with Crippen LogP contribution in [0.25, 0.3) is 11.1 Å². The molecule has 2 aromatic rings. The molecule has 0 spiro atoms. The van der Waals surface area contributed by atoms with Gasteiger partial charge in [0.25, 0.3) is 0 Å². The second kappa shape index (κ2) is 4.72. The minimum Gasteiger partial charge on any atom is -0.478 e. The smallest absolute Gasteiger partial charge is 0.337 e. The van der Waals surface area contributed by atoms with E-state index in [2.05, 4.69) is 0 Å². The number of hydrogen-bond acceptors (Lipinski definition) is 3. The van der Waals surface area contributed by atoms with Crippen molar-refractivity contribution in [2.24, 2.45) is 0 Å². The normalized spacial score (nSPS) is 10.3. The lowest BCUT2D eigenvalue weighted by molar-refractivity contribution is 0.0698. The van der Waals surface area contributed by atoms with Crippen LogP contribution in [0.5, 0.6) is 0 Å². The second-order valence-electron chi connectivity index (χ2n) is 3.23. The lowest BCUT2D eigenvalue weighted by Crippen LogP contribution is -1.95. The third-order valence-corrected chi connectivity index (χ3v) is 3.78. The van der Waals surface area contributed by atoms with E-state index in [1.807, 2.05) is 35.9 Å². The fraction of sp³-hybridized carbons (Fsp3) is 0.0833. The first-order chi connectivity index (χ1) is 7.72. The van der Waals surface area contributed by atoms with E-state index in [0.717, 1.165) is 11.1 Å². The molecule has 0 amide bonds. The molecule has 2 rings (SSSR count). The van der Waals surface area contributed by atoms with Crippen molar-refractivity contribution in [3.63, 3.8) is 0 Å². The Labute approximate surface area is 102 Å². The van der Waals surface area contributed by atoms with Gasteiger partial charge in [0.15, 0.2) is 0 Å². The summed E-state index contributed by atoms with van der Waals surface area (Å²) in [5.74, 6) is -0.870. The van der Waals surface area contributed by atoms with Crippen molar-refractivity contribution in [1.29, 1.82) is 0 Å². The van der Waals surface area contributed by atoms with Gasteiger partial charge >= 0.3 is 5.97 Å². The molecular formula is C12H10O2S2. The molecule has 0 aliphatic carbocycles. The highest BCUT2D eigenvalue weighted by atomic mass is 32.2. The van der Waals surface area contributed by atoms with Crippen molar-refractivity contribution in [3.05, 3.63) is 40.6 Å². The van der Waals surface area contributed by atoms with E-state index in [-0.39, 0.29) is 0 Å². The Morgan fingerprint density at radius 2 is 1.94 bits per heavy atom. The molecule has 1 heterocycles. The van der Waals surface area contributed by atoms with Crippen LogP contribution in [-0.4, -0.2) is 17.3 Å². The van der Waals surface area contributed by atoms with Gasteiger partial charge in [-0.3, -0.25) is 0 Å². The van der Waals surface area contributed by atoms with E-state index in [9.17, 15) is 4.79 Å². The first kappa shape index (κ1) is 11.2. The molecule has 0 saturated heterocycles. The highest BCUT2D eigenvalue weighted by Gasteiger charge is 2.12. The molecule has 0 radical (unpaired) electrons. The van der Waals surface area contributed by atoms with E-state index < -0.39 is 5.97 Å². The van der Waals surface area contributed by atoms with Gasteiger partial charge in [-0.1, -0.05) is 12.1 Å². The Morgan fingerprint density at radius 3 is 2.50 bits per heavy atom. The van der Waals surface area contributed by atoms with Gasteiger partial charge in [0.1, 0.15) is 0 Å². The van der Waals surface area contributed by atoms with Crippen LogP contribution in [0.4, 0.5) is 0 Å². The summed E-state index contributed by atoms with van der Waals surface area (Å²) in [6.07, 6.45) is 2.02. The van der Waals surface area contributed by atoms with Crippen LogP contribution in [-0.2, 0) is 0 Å². The zero-order chi connectivity index (χ0) is 11.5. The first-order valence-electron chi connectivity index (χ1n) is 4.66. The third kappa shape index (κ3) is 2.13. The number of aromatic carboxylic acids is 1. The predicted octanol–water partition coefficient (Wildman–Crippen LogP) is 3.84. The zero-order valence-electron chi connectivity index (χ0n) is 8.64. The Morgan fingerprint density at radius 1 is 1.25 bits per heavy atom. The molecule has 0 saturated carbocycles. The van der Waals surface area contributed by atoms with E-state index in [4.69, 9.17) is 5.11 Å². The monoisotopic (exact) mass is 250 g/mol. The molecule has 0 aliphatic rings. The maximum atomic E-state index is 11.0. The van der Waals surface area contributed by atoms with Gasteiger partial charge in [0.05, 0.1) is 5.56 Å². The number of hydrogen-bond donors (Lipinski definition) is 1. The van der Waals surface area contributed by atoms with E-state index in [1.165, 1.54) is 16.2 Å². The lowest BCUT2D eigenvalue weighted by atomic mass is 10.1. The van der Waals surface area contributed by atoms with Crippen LogP contribution in [0.3, 0.4) is 0 Å². The van der Waals surface area contributed by atoms with Crippen molar-refractivity contribution < 1.29 is 9.90 Å². The van der Waals surface area contributed by atoms with Gasteiger partial charge in [-0.25, -0.2) is 4.79 Å².